The molecule has 4 rings (SSSR count). The Balaban J connectivity index is 1.66. The number of rotatable bonds is 4. The van der Waals surface area contributed by atoms with E-state index >= 15 is 0 Å². The second kappa shape index (κ2) is 7.12. The summed E-state index contributed by atoms with van der Waals surface area (Å²) in [5.74, 6) is -2.52. The Morgan fingerprint density at radius 2 is 1.54 bits per heavy atom. The standard InChI is InChI=1S/C20H16N2O5S/c23-16(24)10-21-19(27)15(11-28-20(21)12-6-2-1-3-7-12)22-17(25)13-8-4-5-9-14(13)18(22)26/h1-9,15,20H,10-11H2,(H,23,24). The average molecular weight is 396 g/mol. The van der Waals surface area contributed by atoms with Gasteiger partial charge in [0.1, 0.15) is 18.0 Å². The number of benzene rings is 2. The monoisotopic (exact) mass is 396 g/mol. The van der Waals surface area contributed by atoms with E-state index < -0.39 is 41.7 Å². The van der Waals surface area contributed by atoms with Crippen LogP contribution < -0.4 is 0 Å². The Labute approximate surface area is 164 Å². The van der Waals surface area contributed by atoms with Gasteiger partial charge in [-0.05, 0) is 17.7 Å². The third kappa shape index (κ3) is 2.95. The van der Waals surface area contributed by atoms with E-state index in [1.807, 2.05) is 30.3 Å². The van der Waals surface area contributed by atoms with E-state index in [0.29, 0.717) is 0 Å². The summed E-state index contributed by atoms with van der Waals surface area (Å²) in [6.07, 6.45) is 0. The lowest BCUT2D eigenvalue weighted by atomic mass is 10.1. The van der Waals surface area contributed by atoms with Crippen LogP contribution in [0.4, 0.5) is 0 Å². The van der Waals surface area contributed by atoms with Crippen LogP contribution in [0.2, 0.25) is 0 Å². The van der Waals surface area contributed by atoms with E-state index in [0.717, 1.165) is 10.5 Å². The molecule has 142 valence electrons. The number of carboxylic acid groups (broad SMARTS) is 1. The van der Waals surface area contributed by atoms with E-state index in [-0.39, 0.29) is 16.9 Å². The zero-order chi connectivity index (χ0) is 19.8. The quantitative estimate of drug-likeness (QED) is 0.795. The summed E-state index contributed by atoms with van der Waals surface area (Å²) in [4.78, 5) is 52.2. The predicted molar refractivity (Wildman–Crippen MR) is 102 cm³/mol. The summed E-state index contributed by atoms with van der Waals surface area (Å²) >= 11 is 1.34. The molecule has 28 heavy (non-hydrogen) atoms. The largest absolute Gasteiger partial charge is 0.480 e. The first kappa shape index (κ1) is 18.2. The highest BCUT2D eigenvalue weighted by atomic mass is 32.2. The van der Waals surface area contributed by atoms with Gasteiger partial charge in [-0.15, -0.1) is 11.8 Å². The molecule has 0 aliphatic carbocycles. The van der Waals surface area contributed by atoms with Gasteiger partial charge in [0.2, 0.25) is 5.91 Å². The highest BCUT2D eigenvalue weighted by molar-refractivity contribution is 7.99. The minimum Gasteiger partial charge on any atom is -0.480 e. The van der Waals surface area contributed by atoms with Crippen molar-refractivity contribution in [3.8, 4) is 0 Å². The van der Waals surface area contributed by atoms with E-state index in [9.17, 15) is 24.3 Å². The summed E-state index contributed by atoms with van der Waals surface area (Å²) in [5.41, 5.74) is 1.32. The van der Waals surface area contributed by atoms with Crippen molar-refractivity contribution in [2.45, 2.75) is 11.4 Å². The Morgan fingerprint density at radius 1 is 0.964 bits per heavy atom. The molecule has 2 unspecified atom stereocenters. The molecule has 2 atom stereocenters. The molecule has 1 N–H and O–H groups in total. The van der Waals surface area contributed by atoms with Crippen LogP contribution in [-0.4, -0.2) is 56.9 Å². The molecule has 1 saturated heterocycles. The molecule has 2 aromatic carbocycles. The summed E-state index contributed by atoms with van der Waals surface area (Å²) < 4.78 is 0. The molecule has 0 bridgehead atoms. The van der Waals surface area contributed by atoms with Crippen molar-refractivity contribution in [3.05, 3.63) is 71.3 Å². The number of carbonyl (C=O) groups excluding carboxylic acids is 3. The number of hydrogen-bond acceptors (Lipinski definition) is 5. The molecule has 0 radical (unpaired) electrons. The maximum atomic E-state index is 13.2. The maximum absolute atomic E-state index is 13.2. The summed E-state index contributed by atoms with van der Waals surface area (Å²) in [7, 11) is 0. The Bertz CT molecular complexity index is 943. The van der Waals surface area contributed by atoms with Crippen LogP contribution in [0.15, 0.2) is 54.6 Å². The third-order valence-electron chi connectivity index (χ3n) is 4.79. The Morgan fingerprint density at radius 3 is 2.11 bits per heavy atom. The van der Waals surface area contributed by atoms with E-state index in [1.165, 1.54) is 16.7 Å². The van der Waals surface area contributed by atoms with Crippen molar-refractivity contribution >= 4 is 35.5 Å². The van der Waals surface area contributed by atoms with Crippen molar-refractivity contribution in [1.82, 2.24) is 9.80 Å². The van der Waals surface area contributed by atoms with Crippen LogP contribution in [0.3, 0.4) is 0 Å². The first-order valence-electron chi connectivity index (χ1n) is 8.65. The molecular formula is C20H16N2O5S. The molecule has 8 heteroatoms. The minimum atomic E-state index is -1.15. The normalized spacial score (nSPS) is 21.8. The van der Waals surface area contributed by atoms with Crippen LogP contribution in [0.25, 0.3) is 0 Å². The number of fused-ring (bicyclic) bond motifs is 1. The highest BCUT2D eigenvalue weighted by Gasteiger charge is 2.47. The molecule has 0 saturated carbocycles. The highest BCUT2D eigenvalue weighted by Crippen LogP contribution is 2.39. The van der Waals surface area contributed by atoms with Gasteiger partial charge in [-0.25, -0.2) is 0 Å². The number of nitrogens with zero attached hydrogens (tertiary/aromatic N) is 2. The number of carboxylic acids is 1. The van der Waals surface area contributed by atoms with Crippen LogP contribution in [0.5, 0.6) is 0 Å². The van der Waals surface area contributed by atoms with Gasteiger partial charge in [0.15, 0.2) is 0 Å². The van der Waals surface area contributed by atoms with Gasteiger partial charge in [0.05, 0.1) is 11.1 Å². The van der Waals surface area contributed by atoms with E-state index in [2.05, 4.69) is 0 Å². The maximum Gasteiger partial charge on any atom is 0.323 e. The number of hydrogen-bond donors (Lipinski definition) is 1. The van der Waals surface area contributed by atoms with Gasteiger partial charge >= 0.3 is 5.97 Å². The van der Waals surface area contributed by atoms with Crippen LogP contribution in [0, 0.1) is 0 Å². The van der Waals surface area contributed by atoms with Gasteiger partial charge in [-0.3, -0.25) is 24.1 Å². The van der Waals surface area contributed by atoms with Crippen molar-refractivity contribution in [2.24, 2.45) is 0 Å². The summed E-state index contributed by atoms with van der Waals surface area (Å²) in [6, 6.07) is 14.5. The van der Waals surface area contributed by atoms with E-state index in [1.54, 1.807) is 24.3 Å². The smallest absolute Gasteiger partial charge is 0.323 e. The zero-order valence-electron chi connectivity index (χ0n) is 14.6. The fourth-order valence-corrected chi connectivity index (χ4v) is 4.89. The number of aliphatic carboxylic acids is 1. The molecule has 1 fully saturated rings. The lowest BCUT2D eigenvalue weighted by Crippen LogP contribution is -2.56. The van der Waals surface area contributed by atoms with Crippen molar-refractivity contribution in [3.63, 3.8) is 0 Å². The van der Waals surface area contributed by atoms with Crippen LogP contribution in [0.1, 0.15) is 31.7 Å². The zero-order valence-corrected chi connectivity index (χ0v) is 15.5. The number of amides is 3. The number of imide groups is 1. The SMILES string of the molecule is O=C(O)CN1C(=O)C(N2C(=O)c3ccccc3C2=O)CSC1c1ccccc1. The Hall–Kier alpha value is -3.13. The van der Waals surface area contributed by atoms with Crippen molar-refractivity contribution in [1.29, 1.82) is 0 Å². The fourth-order valence-electron chi connectivity index (χ4n) is 3.53. The molecule has 3 amide bonds. The predicted octanol–water partition coefficient (Wildman–Crippen LogP) is 2.01. The molecule has 2 aromatic rings. The van der Waals surface area contributed by atoms with Crippen molar-refractivity contribution < 1.29 is 24.3 Å². The Kier molecular flexibility index (Phi) is 4.64. The lowest BCUT2D eigenvalue weighted by Gasteiger charge is -2.40. The molecular weight excluding hydrogens is 380 g/mol. The first-order chi connectivity index (χ1) is 13.5. The van der Waals surface area contributed by atoms with Gasteiger partial charge < -0.3 is 10.0 Å². The number of thioether (sulfide) groups is 1. The molecule has 0 spiro atoms. The molecule has 0 aromatic heterocycles. The topological polar surface area (TPSA) is 95.0 Å². The molecule has 2 heterocycles. The van der Waals surface area contributed by atoms with E-state index in [4.69, 9.17) is 0 Å². The first-order valence-corrected chi connectivity index (χ1v) is 9.69. The second-order valence-corrected chi connectivity index (χ2v) is 7.61. The molecule has 7 nitrogen and oxygen atoms in total. The molecule has 2 aliphatic rings. The minimum absolute atomic E-state index is 0.208. The molecule has 2 aliphatic heterocycles. The number of carbonyl (C=O) groups is 4. The van der Waals surface area contributed by atoms with Gasteiger partial charge in [0.25, 0.3) is 11.8 Å². The van der Waals surface area contributed by atoms with Gasteiger partial charge in [-0.1, -0.05) is 42.5 Å². The second-order valence-electron chi connectivity index (χ2n) is 6.50. The van der Waals surface area contributed by atoms with Crippen LogP contribution >= 0.6 is 11.8 Å². The lowest BCUT2D eigenvalue weighted by molar-refractivity contribution is -0.146. The summed E-state index contributed by atoms with van der Waals surface area (Å²) in [6.45, 7) is -0.509. The third-order valence-corrected chi connectivity index (χ3v) is 6.14. The van der Waals surface area contributed by atoms with Gasteiger partial charge in [0, 0.05) is 5.75 Å². The summed E-state index contributed by atoms with van der Waals surface area (Å²) in [5, 5.41) is 8.81. The van der Waals surface area contributed by atoms with Crippen LogP contribution in [-0.2, 0) is 9.59 Å². The van der Waals surface area contributed by atoms with Crippen molar-refractivity contribution in [2.75, 3.05) is 12.3 Å². The van der Waals surface area contributed by atoms with Gasteiger partial charge in [-0.2, -0.15) is 0 Å². The fraction of sp³-hybridized carbons (Fsp3) is 0.200. The average Bonchev–Trinajstić information content (AvgIpc) is 2.95.